The zero-order valence-corrected chi connectivity index (χ0v) is 12.0. The lowest BCUT2D eigenvalue weighted by Gasteiger charge is -2.22. The zero-order chi connectivity index (χ0) is 14.0. The summed E-state index contributed by atoms with van der Waals surface area (Å²) in [6, 6.07) is 2.99. The molecular formula is C16H23F2N. The van der Waals surface area contributed by atoms with Crippen LogP contribution in [0.5, 0.6) is 0 Å². The van der Waals surface area contributed by atoms with Gasteiger partial charge in [0.05, 0.1) is 0 Å². The standard InChI is InChI=1S/C16H23F2N/c1-11-6-7-13(17)15(14(11)18)19-12-5-4-9-16(2,3)10-8-12/h6-7,12,19H,4-5,8-10H2,1-3H3. The number of benzene rings is 1. The molecule has 1 aromatic rings. The Morgan fingerprint density at radius 2 is 1.89 bits per heavy atom. The second kappa shape index (κ2) is 5.48. The van der Waals surface area contributed by atoms with Crippen molar-refractivity contribution < 1.29 is 8.78 Å². The Balaban J connectivity index is 2.11. The summed E-state index contributed by atoms with van der Waals surface area (Å²) in [5, 5.41) is 3.09. The number of aryl methyl sites for hydroxylation is 1. The van der Waals surface area contributed by atoms with E-state index in [2.05, 4.69) is 19.2 Å². The molecule has 3 heteroatoms. The Kier molecular flexibility index (Phi) is 4.12. The van der Waals surface area contributed by atoms with Crippen molar-refractivity contribution in [1.29, 1.82) is 0 Å². The third-order valence-corrected chi connectivity index (χ3v) is 4.21. The van der Waals surface area contributed by atoms with E-state index in [0.717, 1.165) is 25.7 Å². The van der Waals surface area contributed by atoms with E-state index in [1.165, 1.54) is 18.6 Å². The number of nitrogens with one attached hydrogen (secondary N) is 1. The quantitative estimate of drug-likeness (QED) is 0.740. The maximum atomic E-state index is 14.0. The van der Waals surface area contributed by atoms with Crippen LogP contribution in [0.3, 0.4) is 0 Å². The van der Waals surface area contributed by atoms with Gasteiger partial charge in [0, 0.05) is 6.04 Å². The molecular weight excluding hydrogens is 244 g/mol. The van der Waals surface area contributed by atoms with Crippen molar-refractivity contribution in [1.82, 2.24) is 0 Å². The van der Waals surface area contributed by atoms with Gasteiger partial charge in [0.2, 0.25) is 0 Å². The van der Waals surface area contributed by atoms with Crippen LogP contribution >= 0.6 is 0 Å². The van der Waals surface area contributed by atoms with Crippen LogP contribution in [0.4, 0.5) is 14.5 Å². The van der Waals surface area contributed by atoms with E-state index in [1.54, 1.807) is 6.92 Å². The van der Waals surface area contributed by atoms with Gasteiger partial charge in [-0.1, -0.05) is 26.3 Å². The molecule has 106 valence electrons. The molecule has 0 heterocycles. The second-order valence-corrected chi connectivity index (χ2v) is 6.49. The summed E-state index contributed by atoms with van der Waals surface area (Å²) in [6.45, 7) is 6.20. The van der Waals surface area contributed by atoms with Gasteiger partial charge in [-0.15, -0.1) is 0 Å². The molecule has 0 aliphatic heterocycles. The van der Waals surface area contributed by atoms with Crippen molar-refractivity contribution in [2.75, 3.05) is 5.32 Å². The highest BCUT2D eigenvalue weighted by molar-refractivity contribution is 5.49. The number of hydrogen-bond acceptors (Lipinski definition) is 1. The molecule has 1 saturated carbocycles. The van der Waals surface area contributed by atoms with E-state index in [0.29, 0.717) is 11.0 Å². The largest absolute Gasteiger partial charge is 0.378 e. The first-order valence-corrected chi connectivity index (χ1v) is 7.10. The molecule has 0 spiro atoms. The van der Waals surface area contributed by atoms with Crippen LogP contribution in [-0.4, -0.2) is 6.04 Å². The fourth-order valence-corrected chi connectivity index (χ4v) is 2.80. The van der Waals surface area contributed by atoms with Crippen molar-refractivity contribution in [2.24, 2.45) is 5.41 Å². The molecule has 1 nitrogen and oxygen atoms in total. The van der Waals surface area contributed by atoms with Crippen LogP contribution in [0.2, 0.25) is 0 Å². The lowest BCUT2D eigenvalue weighted by molar-refractivity contribution is 0.313. The summed E-state index contributed by atoms with van der Waals surface area (Å²) in [5.74, 6) is -0.949. The third-order valence-electron chi connectivity index (χ3n) is 4.21. The Hall–Kier alpha value is -1.12. The first-order chi connectivity index (χ1) is 8.89. The Labute approximate surface area is 114 Å². The van der Waals surface area contributed by atoms with E-state index < -0.39 is 11.6 Å². The molecule has 1 aliphatic rings. The molecule has 1 N–H and O–H groups in total. The van der Waals surface area contributed by atoms with Crippen molar-refractivity contribution in [3.63, 3.8) is 0 Å². The van der Waals surface area contributed by atoms with Crippen LogP contribution in [0.1, 0.15) is 51.5 Å². The lowest BCUT2D eigenvalue weighted by atomic mass is 9.85. The normalized spacial score (nSPS) is 22.9. The van der Waals surface area contributed by atoms with Gasteiger partial charge in [0.1, 0.15) is 11.5 Å². The van der Waals surface area contributed by atoms with Gasteiger partial charge in [0.15, 0.2) is 5.82 Å². The van der Waals surface area contributed by atoms with Crippen molar-refractivity contribution in [3.8, 4) is 0 Å². The Morgan fingerprint density at radius 1 is 1.16 bits per heavy atom. The molecule has 1 atom stereocenters. The first-order valence-electron chi connectivity index (χ1n) is 7.10. The number of rotatable bonds is 2. The van der Waals surface area contributed by atoms with E-state index in [1.807, 2.05) is 0 Å². The summed E-state index contributed by atoms with van der Waals surface area (Å²) in [5.41, 5.74) is 0.877. The average Bonchev–Trinajstić information content (AvgIpc) is 2.51. The maximum Gasteiger partial charge on any atom is 0.152 e. The molecule has 19 heavy (non-hydrogen) atoms. The number of halogens is 2. The highest BCUT2D eigenvalue weighted by Gasteiger charge is 2.25. The van der Waals surface area contributed by atoms with Crippen molar-refractivity contribution in [2.45, 2.75) is 58.9 Å². The molecule has 1 aliphatic carbocycles. The van der Waals surface area contributed by atoms with Gasteiger partial charge in [-0.05, 0) is 49.7 Å². The average molecular weight is 267 g/mol. The Morgan fingerprint density at radius 3 is 2.63 bits per heavy atom. The summed E-state index contributed by atoms with van der Waals surface area (Å²) < 4.78 is 27.7. The van der Waals surface area contributed by atoms with E-state index >= 15 is 0 Å². The predicted octanol–water partition coefficient (Wildman–Crippen LogP) is 5.04. The molecule has 0 aromatic heterocycles. The molecule has 0 bridgehead atoms. The maximum absolute atomic E-state index is 14.0. The van der Waals surface area contributed by atoms with Crippen molar-refractivity contribution in [3.05, 3.63) is 29.3 Å². The summed E-state index contributed by atoms with van der Waals surface area (Å²) in [7, 11) is 0. The molecule has 0 radical (unpaired) electrons. The van der Waals surface area contributed by atoms with Crippen LogP contribution in [0.25, 0.3) is 0 Å². The zero-order valence-electron chi connectivity index (χ0n) is 12.0. The molecule has 2 rings (SSSR count). The second-order valence-electron chi connectivity index (χ2n) is 6.49. The fraction of sp³-hybridized carbons (Fsp3) is 0.625. The highest BCUT2D eigenvalue weighted by Crippen LogP contribution is 2.35. The molecule has 1 aromatic carbocycles. The van der Waals surface area contributed by atoms with Gasteiger partial charge >= 0.3 is 0 Å². The number of hydrogen-bond donors (Lipinski definition) is 1. The smallest absolute Gasteiger partial charge is 0.152 e. The van der Waals surface area contributed by atoms with Gasteiger partial charge in [-0.2, -0.15) is 0 Å². The van der Waals surface area contributed by atoms with Crippen LogP contribution in [0.15, 0.2) is 12.1 Å². The minimum Gasteiger partial charge on any atom is -0.378 e. The monoisotopic (exact) mass is 267 g/mol. The van der Waals surface area contributed by atoms with Gasteiger partial charge in [0.25, 0.3) is 0 Å². The molecule has 0 saturated heterocycles. The molecule has 1 unspecified atom stereocenters. The predicted molar refractivity (Wildman–Crippen MR) is 75.4 cm³/mol. The van der Waals surface area contributed by atoms with Gasteiger partial charge in [-0.25, -0.2) is 8.78 Å². The minimum atomic E-state index is -0.494. The summed E-state index contributed by atoms with van der Waals surface area (Å²) >= 11 is 0. The molecule has 0 amide bonds. The van der Waals surface area contributed by atoms with Crippen molar-refractivity contribution >= 4 is 5.69 Å². The lowest BCUT2D eigenvalue weighted by Crippen LogP contribution is -2.21. The van der Waals surface area contributed by atoms with Crippen LogP contribution in [-0.2, 0) is 0 Å². The Bertz CT molecular complexity index is 454. The van der Waals surface area contributed by atoms with E-state index in [4.69, 9.17) is 0 Å². The van der Waals surface area contributed by atoms with Crippen LogP contribution < -0.4 is 5.32 Å². The van der Waals surface area contributed by atoms with Gasteiger partial charge in [-0.3, -0.25) is 0 Å². The number of anilines is 1. The first kappa shape index (κ1) is 14.3. The summed E-state index contributed by atoms with van der Waals surface area (Å²) in [6.07, 6.45) is 5.35. The van der Waals surface area contributed by atoms with E-state index in [9.17, 15) is 8.78 Å². The third kappa shape index (κ3) is 3.46. The molecule has 1 fully saturated rings. The minimum absolute atomic E-state index is 0.0460. The summed E-state index contributed by atoms with van der Waals surface area (Å²) in [4.78, 5) is 0. The fourth-order valence-electron chi connectivity index (χ4n) is 2.80. The van der Waals surface area contributed by atoms with E-state index in [-0.39, 0.29) is 11.7 Å². The SMILES string of the molecule is Cc1ccc(F)c(NC2CCCC(C)(C)CC2)c1F. The highest BCUT2D eigenvalue weighted by atomic mass is 19.1. The van der Waals surface area contributed by atoms with Crippen LogP contribution in [0, 0.1) is 24.0 Å². The topological polar surface area (TPSA) is 12.0 Å². The van der Waals surface area contributed by atoms with Gasteiger partial charge < -0.3 is 5.32 Å².